The van der Waals surface area contributed by atoms with Gasteiger partial charge < -0.3 is 10.0 Å². The molecular formula is C13H15NO3S. The number of carboxylic acid groups (broad SMARTS) is 1. The van der Waals surface area contributed by atoms with E-state index >= 15 is 0 Å². The van der Waals surface area contributed by atoms with E-state index in [0.29, 0.717) is 17.9 Å². The zero-order valence-corrected chi connectivity index (χ0v) is 10.9. The topological polar surface area (TPSA) is 57.6 Å². The SMILES string of the molecule is Cc1ccccc1C(=O)N1CCSCC1C(=O)O. The molecule has 1 atom stereocenters. The van der Waals surface area contributed by atoms with Crippen LogP contribution in [-0.2, 0) is 4.79 Å². The molecule has 0 bridgehead atoms. The highest BCUT2D eigenvalue weighted by molar-refractivity contribution is 7.99. The van der Waals surface area contributed by atoms with Crippen LogP contribution in [0, 0.1) is 6.92 Å². The van der Waals surface area contributed by atoms with Gasteiger partial charge in [0.15, 0.2) is 0 Å². The number of aliphatic carboxylic acids is 1. The summed E-state index contributed by atoms with van der Waals surface area (Å²) in [5, 5.41) is 9.17. The second-order valence-electron chi connectivity index (χ2n) is 4.24. The van der Waals surface area contributed by atoms with Gasteiger partial charge in [0.25, 0.3) is 5.91 Å². The molecular weight excluding hydrogens is 250 g/mol. The minimum absolute atomic E-state index is 0.180. The van der Waals surface area contributed by atoms with Gasteiger partial charge in [-0.2, -0.15) is 11.8 Å². The summed E-state index contributed by atoms with van der Waals surface area (Å²) >= 11 is 1.58. The minimum atomic E-state index is -0.927. The third kappa shape index (κ3) is 2.51. The number of benzene rings is 1. The van der Waals surface area contributed by atoms with Gasteiger partial charge in [-0.1, -0.05) is 18.2 Å². The van der Waals surface area contributed by atoms with E-state index in [-0.39, 0.29) is 5.91 Å². The highest BCUT2D eigenvalue weighted by atomic mass is 32.2. The molecule has 1 aromatic carbocycles. The summed E-state index contributed by atoms with van der Waals surface area (Å²) in [4.78, 5) is 25.0. The molecule has 0 aromatic heterocycles. The van der Waals surface area contributed by atoms with Crippen molar-refractivity contribution in [2.24, 2.45) is 0 Å². The van der Waals surface area contributed by atoms with Gasteiger partial charge in [-0.05, 0) is 18.6 Å². The number of thioether (sulfide) groups is 1. The zero-order chi connectivity index (χ0) is 13.1. The van der Waals surface area contributed by atoms with Crippen molar-refractivity contribution in [2.75, 3.05) is 18.1 Å². The van der Waals surface area contributed by atoms with Gasteiger partial charge in [0.1, 0.15) is 6.04 Å². The molecule has 5 heteroatoms. The first-order chi connectivity index (χ1) is 8.61. The van der Waals surface area contributed by atoms with Gasteiger partial charge in [-0.25, -0.2) is 4.79 Å². The van der Waals surface area contributed by atoms with Crippen LogP contribution < -0.4 is 0 Å². The van der Waals surface area contributed by atoms with Crippen LogP contribution in [0.3, 0.4) is 0 Å². The van der Waals surface area contributed by atoms with E-state index in [1.165, 1.54) is 4.90 Å². The average molecular weight is 265 g/mol. The minimum Gasteiger partial charge on any atom is -0.480 e. The molecule has 96 valence electrons. The summed E-state index contributed by atoms with van der Waals surface area (Å²) in [7, 11) is 0. The van der Waals surface area contributed by atoms with E-state index in [1.54, 1.807) is 23.9 Å². The fourth-order valence-electron chi connectivity index (χ4n) is 2.02. The quantitative estimate of drug-likeness (QED) is 0.883. The zero-order valence-electron chi connectivity index (χ0n) is 10.1. The first-order valence-corrected chi connectivity index (χ1v) is 6.94. The van der Waals surface area contributed by atoms with Gasteiger partial charge in [-0.15, -0.1) is 0 Å². The number of carbonyl (C=O) groups excluding carboxylic acids is 1. The van der Waals surface area contributed by atoms with Crippen LogP contribution in [-0.4, -0.2) is 46.0 Å². The molecule has 1 saturated heterocycles. The average Bonchev–Trinajstić information content (AvgIpc) is 2.38. The Labute approximate surface area is 110 Å². The number of amides is 1. The smallest absolute Gasteiger partial charge is 0.327 e. The molecule has 1 unspecified atom stereocenters. The number of rotatable bonds is 2. The predicted octanol–water partition coefficient (Wildman–Crippen LogP) is 1.64. The van der Waals surface area contributed by atoms with Crippen molar-refractivity contribution >= 4 is 23.6 Å². The Bertz CT molecular complexity index is 475. The lowest BCUT2D eigenvalue weighted by Gasteiger charge is -2.33. The Hall–Kier alpha value is -1.49. The van der Waals surface area contributed by atoms with Crippen LogP contribution in [0.4, 0.5) is 0 Å². The first kappa shape index (κ1) is 13.0. The molecule has 1 aliphatic heterocycles. The Balaban J connectivity index is 2.27. The molecule has 1 aliphatic rings. The summed E-state index contributed by atoms with van der Waals surface area (Å²) in [6, 6.07) is 6.57. The van der Waals surface area contributed by atoms with Crippen LogP contribution in [0.25, 0.3) is 0 Å². The van der Waals surface area contributed by atoms with Crippen molar-refractivity contribution in [1.29, 1.82) is 0 Å². The van der Waals surface area contributed by atoms with Gasteiger partial charge in [0.05, 0.1) is 0 Å². The monoisotopic (exact) mass is 265 g/mol. The maximum absolute atomic E-state index is 12.4. The van der Waals surface area contributed by atoms with Crippen molar-refractivity contribution in [2.45, 2.75) is 13.0 Å². The van der Waals surface area contributed by atoms with E-state index < -0.39 is 12.0 Å². The lowest BCUT2D eigenvalue weighted by atomic mass is 10.1. The van der Waals surface area contributed by atoms with E-state index in [1.807, 2.05) is 19.1 Å². The van der Waals surface area contributed by atoms with Crippen LogP contribution in [0.1, 0.15) is 15.9 Å². The molecule has 0 spiro atoms. The Morgan fingerprint density at radius 2 is 2.11 bits per heavy atom. The number of hydrogen-bond acceptors (Lipinski definition) is 3. The van der Waals surface area contributed by atoms with Crippen LogP contribution in [0.15, 0.2) is 24.3 Å². The number of aryl methyl sites for hydroxylation is 1. The van der Waals surface area contributed by atoms with Gasteiger partial charge >= 0.3 is 5.97 Å². The van der Waals surface area contributed by atoms with Gasteiger partial charge in [0, 0.05) is 23.6 Å². The van der Waals surface area contributed by atoms with Crippen LogP contribution >= 0.6 is 11.8 Å². The fraction of sp³-hybridized carbons (Fsp3) is 0.385. The van der Waals surface area contributed by atoms with E-state index in [9.17, 15) is 9.59 Å². The Morgan fingerprint density at radius 3 is 2.78 bits per heavy atom. The lowest BCUT2D eigenvalue weighted by molar-refractivity contribution is -0.141. The number of hydrogen-bond donors (Lipinski definition) is 1. The normalized spacial score (nSPS) is 19.6. The summed E-state index contributed by atoms with van der Waals surface area (Å²) < 4.78 is 0. The Kier molecular flexibility index (Phi) is 3.91. The summed E-state index contributed by atoms with van der Waals surface area (Å²) in [5.74, 6) is 0.152. The fourth-order valence-corrected chi connectivity index (χ4v) is 3.06. The van der Waals surface area contributed by atoms with Gasteiger partial charge in [0.2, 0.25) is 0 Å². The summed E-state index contributed by atoms with van der Waals surface area (Å²) in [6.07, 6.45) is 0. The maximum Gasteiger partial charge on any atom is 0.327 e. The lowest BCUT2D eigenvalue weighted by Crippen LogP contribution is -2.50. The highest BCUT2D eigenvalue weighted by Gasteiger charge is 2.33. The third-order valence-corrected chi connectivity index (χ3v) is 4.07. The van der Waals surface area contributed by atoms with E-state index in [4.69, 9.17) is 5.11 Å². The Morgan fingerprint density at radius 1 is 1.39 bits per heavy atom. The third-order valence-electron chi connectivity index (χ3n) is 3.05. The van der Waals surface area contributed by atoms with Crippen molar-refractivity contribution < 1.29 is 14.7 Å². The van der Waals surface area contributed by atoms with Crippen LogP contribution in [0.2, 0.25) is 0 Å². The van der Waals surface area contributed by atoms with E-state index in [0.717, 1.165) is 11.3 Å². The van der Waals surface area contributed by atoms with Gasteiger partial charge in [-0.3, -0.25) is 4.79 Å². The van der Waals surface area contributed by atoms with Crippen molar-refractivity contribution in [1.82, 2.24) is 4.90 Å². The molecule has 1 aromatic rings. The summed E-state index contributed by atoms with van der Waals surface area (Å²) in [6.45, 7) is 2.36. The second kappa shape index (κ2) is 5.44. The molecule has 2 rings (SSSR count). The molecule has 1 N–H and O–H groups in total. The maximum atomic E-state index is 12.4. The first-order valence-electron chi connectivity index (χ1n) is 5.78. The van der Waals surface area contributed by atoms with E-state index in [2.05, 4.69) is 0 Å². The van der Waals surface area contributed by atoms with Crippen LogP contribution in [0.5, 0.6) is 0 Å². The molecule has 0 aliphatic carbocycles. The molecule has 18 heavy (non-hydrogen) atoms. The molecule has 0 radical (unpaired) electrons. The van der Waals surface area contributed by atoms with Crippen molar-refractivity contribution in [3.05, 3.63) is 35.4 Å². The second-order valence-corrected chi connectivity index (χ2v) is 5.39. The highest BCUT2D eigenvalue weighted by Crippen LogP contribution is 2.20. The number of carboxylic acids is 1. The molecule has 1 amide bonds. The molecule has 4 nitrogen and oxygen atoms in total. The van der Waals surface area contributed by atoms with Crippen molar-refractivity contribution in [3.8, 4) is 0 Å². The summed E-state index contributed by atoms with van der Waals surface area (Å²) in [5.41, 5.74) is 1.47. The molecule has 1 heterocycles. The molecule has 0 saturated carbocycles. The predicted molar refractivity (Wildman–Crippen MR) is 71.0 cm³/mol. The molecule has 1 fully saturated rings. The largest absolute Gasteiger partial charge is 0.480 e. The number of carbonyl (C=O) groups is 2. The standard InChI is InChI=1S/C13H15NO3S/c1-9-4-2-3-5-10(9)12(15)14-6-7-18-8-11(14)13(16)17/h2-5,11H,6-8H2,1H3,(H,16,17). The number of nitrogens with zero attached hydrogens (tertiary/aromatic N) is 1. The van der Waals surface area contributed by atoms with Crippen molar-refractivity contribution in [3.63, 3.8) is 0 Å².